The Morgan fingerprint density at radius 2 is 1.79 bits per heavy atom. The summed E-state index contributed by atoms with van der Waals surface area (Å²) in [5.41, 5.74) is 3.33. The average Bonchev–Trinajstić information content (AvgIpc) is 3.19. The fourth-order valence-electron chi connectivity index (χ4n) is 4.31. The van der Waals surface area contributed by atoms with Gasteiger partial charge in [-0.2, -0.15) is 0 Å². The lowest BCUT2D eigenvalue weighted by Gasteiger charge is -2.31. The highest BCUT2D eigenvalue weighted by Crippen LogP contribution is 2.31. The molecule has 152 valence electrons. The molecule has 4 nitrogen and oxygen atoms in total. The summed E-state index contributed by atoms with van der Waals surface area (Å²) in [7, 11) is 0. The van der Waals surface area contributed by atoms with Crippen LogP contribution in [-0.2, 0) is 11.2 Å². The summed E-state index contributed by atoms with van der Waals surface area (Å²) in [5, 5.41) is 11.5. The minimum Gasteiger partial charge on any atom is -0.481 e. The first-order valence-corrected chi connectivity index (χ1v) is 9.96. The Morgan fingerprint density at radius 1 is 1.07 bits per heavy atom. The first-order valence-electron chi connectivity index (χ1n) is 9.96. The molecule has 1 aliphatic heterocycles. The Hall–Kier alpha value is -2.53. The van der Waals surface area contributed by atoms with Crippen molar-refractivity contribution >= 4 is 45.1 Å². The van der Waals surface area contributed by atoms with Crippen LogP contribution >= 0.6 is 17.0 Å². The molecule has 0 aliphatic carbocycles. The number of nitrogens with zero attached hydrogens (tertiary/aromatic N) is 2. The van der Waals surface area contributed by atoms with Crippen LogP contribution in [0.15, 0.2) is 66.7 Å². The van der Waals surface area contributed by atoms with Gasteiger partial charge in [-0.1, -0.05) is 48.5 Å². The van der Waals surface area contributed by atoms with E-state index in [-0.39, 0.29) is 23.4 Å². The molecule has 3 aromatic rings. The van der Waals surface area contributed by atoms with E-state index in [4.69, 9.17) is 5.11 Å². The molecule has 1 aliphatic rings. The van der Waals surface area contributed by atoms with Gasteiger partial charge in [-0.25, -0.2) is 0 Å². The van der Waals surface area contributed by atoms with E-state index in [1.54, 1.807) is 0 Å². The van der Waals surface area contributed by atoms with Gasteiger partial charge in [-0.15, -0.1) is 17.0 Å². The highest BCUT2D eigenvalue weighted by atomic mass is 79.9. The lowest BCUT2D eigenvalue weighted by Crippen LogP contribution is -2.37. The predicted molar refractivity (Wildman–Crippen MR) is 126 cm³/mol. The van der Waals surface area contributed by atoms with Crippen molar-refractivity contribution in [3.8, 4) is 0 Å². The second-order valence-corrected chi connectivity index (χ2v) is 7.41. The van der Waals surface area contributed by atoms with Crippen LogP contribution in [0.5, 0.6) is 0 Å². The van der Waals surface area contributed by atoms with E-state index < -0.39 is 5.97 Å². The van der Waals surface area contributed by atoms with E-state index in [1.165, 1.54) is 22.1 Å². The van der Waals surface area contributed by atoms with Gasteiger partial charge in [0, 0.05) is 42.4 Å². The maximum atomic E-state index is 10.9. The highest BCUT2D eigenvalue weighted by Gasteiger charge is 2.28. The van der Waals surface area contributed by atoms with Crippen LogP contribution in [0.4, 0.5) is 11.4 Å². The normalized spacial score (nSPS) is 15.9. The summed E-state index contributed by atoms with van der Waals surface area (Å²) >= 11 is 0. The monoisotopic (exact) mass is 454 g/mol. The molecule has 1 N–H and O–H groups in total. The van der Waals surface area contributed by atoms with Crippen LogP contribution in [0.3, 0.4) is 0 Å². The summed E-state index contributed by atoms with van der Waals surface area (Å²) < 4.78 is 0. The molecular formula is C24H27BrN2O2. The number of anilines is 2. The second kappa shape index (κ2) is 9.31. The number of halogens is 1. The number of carboxylic acid groups (broad SMARTS) is 1. The molecule has 3 aromatic carbocycles. The maximum Gasteiger partial charge on any atom is 0.307 e. The van der Waals surface area contributed by atoms with Crippen LogP contribution in [0.1, 0.15) is 18.9 Å². The molecule has 5 heteroatoms. The van der Waals surface area contributed by atoms with Crippen molar-refractivity contribution in [1.29, 1.82) is 0 Å². The summed E-state index contributed by atoms with van der Waals surface area (Å²) in [5.74, 6) is -0.789. The van der Waals surface area contributed by atoms with Gasteiger partial charge >= 0.3 is 5.97 Å². The summed E-state index contributed by atoms with van der Waals surface area (Å²) in [4.78, 5) is 15.8. The van der Waals surface area contributed by atoms with Gasteiger partial charge < -0.3 is 14.9 Å². The number of aliphatic carboxylic acids is 1. The van der Waals surface area contributed by atoms with Crippen LogP contribution in [0, 0.1) is 0 Å². The minimum atomic E-state index is -0.789. The van der Waals surface area contributed by atoms with Gasteiger partial charge in [-0.3, -0.25) is 4.79 Å². The summed E-state index contributed by atoms with van der Waals surface area (Å²) in [6, 6.07) is 23.6. The van der Waals surface area contributed by atoms with Crippen molar-refractivity contribution in [3.05, 3.63) is 72.3 Å². The summed E-state index contributed by atoms with van der Waals surface area (Å²) in [6.07, 6.45) is 1.20. The fraction of sp³-hybridized carbons (Fsp3) is 0.292. The Balaban J connectivity index is 0.00000240. The number of benzene rings is 3. The van der Waals surface area contributed by atoms with Crippen molar-refractivity contribution in [1.82, 2.24) is 0 Å². The number of hydrogen-bond donors (Lipinski definition) is 1. The number of fused-ring (bicyclic) bond motifs is 1. The van der Waals surface area contributed by atoms with E-state index in [1.807, 2.05) is 12.1 Å². The predicted octanol–water partition coefficient (Wildman–Crippen LogP) is 5.15. The molecule has 0 amide bonds. The second-order valence-electron chi connectivity index (χ2n) is 7.41. The molecular weight excluding hydrogens is 428 g/mol. The SMILES string of the molecule is Br.CCN(c1cccc2ccccc12)[C@H]1CCN(c2ccc(CC(=O)O)cc2)C1. The minimum absolute atomic E-state index is 0. The van der Waals surface area contributed by atoms with Gasteiger partial charge in [0.25, 0.3) is 0 Å². The topological polar surface area (TPSA) is 43.8 Å². The largest absolute Gasteiger partial charge is 0.481 e. The first-order chi connectivity index (χ1) is 13.7. The molecule has 1 saturated heterocycles. The zero-order valence-electron chi connectivity index (χ0n) is 16.6. The standard InChI is InChI=1S/C24H26N2O2.BrH/c1-2-26(23-9-5-7-19-6-3-4-8-22(19)23)21-14-15-25(17-21)20-12-10-18(11-13-20)16-24(27)28;/h3-13,21H,2,14-17H2,1H3,(H,27,28);1H/t21-;/m0./s1. The molecule has 0 saturated carbocycles. The van der Waals surface area contributed by atoms with Gasteiger partial charge in [0.05, 0.1) is 6.42 Å². The van der Waals surface area contributed by atoms with Gasteiger partial charge in [0.15, 0.2) is 0 Å². The number of likely N-dealkylation sites (N-methyl/N-ethyl adjacent to an activating group) is 1. The van der Waals surface area contributed by atoms with Crippen LogP contribution in [0.25, 0.3) is 10.8 Å². The summed E-state index contributed by atoms with van der Waals surface area (Å²) in [6.45, 7) is 5.20. The average molecular weight is 455 g/mol. The van der Waals surface area contributed by atoms with E-state index >= 15 is 0 Å². The van der Waals surface area contributed by atoms with Crippen molar-refractivity contribution in [3.63, 3.8) is 0 Å². The van der Waals surface area contributed by atoms with Crippen molar-refractivity contribution in [2.75, 3.05) is 29.4 Å². The number of hydrogen-bond acceptors (Lipinski definition) is 3. The van der Waals surface area contributed by atoms with Crippen LogP contribution < -0.4 is 9.80 Å². The molecule has 29 heavy (non-hydrogen) atoms. The first kappa shape index (κ1) is 21.2. The molecule has 0 spiro atoms. The Kier molecular flexibility index (Phi) is 6.80. The molecule has 1 fully saturated rings. The van der Waals surface area contributed by atoms with Crippen LogP contribution in [0.2, 0.25) is 0 Å². The van der Waals surface area contributed by atoms with E-state index in [2.05, 4.69) is 71.3 Å². The van der Waals surface area contributed by atoms with E-state index in [9.17, 15) is 4.79 Å². The molecule has 0 unspecified atom stereocenters. The lowest BCUT2D eigenvalue weighted by molar-refractivity contribution is -0.136. The van der Waals surface area contributed by atoms with Crippen molar-refractivity contribution in [2.24, 2.45) is 0 Å². The fourth-order valence-corrected chi connectivity index (χ4v) is 4.31. The smallest absolute Gasteiger partial charge is 0.307 e. The maximum absolute atomic E-state index is 10.9. The zero-order valence-corrected chi connectivity index (χ0v) is 18.3. The van der Waals surface area contributed by atoms with Crippen molar-refractivity contribution in [2.45, 2.75) is 25.8 Å². The third kappa shape index (κ3) is 4.56. The Labute approximate surface area is 182 Å². The van der Waals surface area contributed by atoms with E-state index in [0.29, 0.717) is 6.04 Å². The van der Waals surface area contributed by atoms with Gasteiger partial charge in [0.2, 0.25) is 0 Å². The number of carboxylic acids is 1. The quantitative estimate of drug-likeness (QED) is 0.559. The van der Waals surface area contributed by atoms with Crippen molar-refractivity contribution < 1.29 is 9.90 Å². The third-order valence-corrected chi connectivity index (χ3v) is 5.68. The number of carbonyl (C=O) groups is 1. The van der Waals surface area contributed by atoms with Crippen LogP contribution in [-0.4, -0.2) is 36.8 Å². The molecule has 0 radical (unpaired) electrons. The molecule has 0 aromatic heterocycles. The third-order valence-electron chi connectivity index (χ3n) is 5.68. The molecule has 4 rings (SSSR count). The van der Waals surface area contributed by atoms with Gasteiger partial charge in [-0.05, 0) is 42.5 Å². The molecule has 0 bridgehead atoms. The Bertz CT molecular complexity index is 969. The zero-order chi connectivity index (χ0) is 19.5. The number of rotatable bonds is 6. The van der Waals surface area contributed by atoms with Gasteiger partial charge in [0.1, 0.15) is 0 Å². The lowest BCUT2D eigenvalue weighted by atomic mass is 10.1. The van der Waals surface area contributed by atoms with E-state index in [0.717, 1.165) is 31.6 Å². The molecule has 1 atom stereocenters. The highest BCUT2D eigenvalue weighted by molar-refractivity contribution is 8.93. The molecule has 1 heterocycles. The Morgan fingerprint density at radius 3 is 2.52 bits per heavy atom.